The van der Waals surface area contributed by atoms with Crippen molar-refractivity contribution >= 4 is 23.4 Å². The molecule has 1 aromatic carbocycles. The van der Waals surface area contributed by atoms with E-state index in [-0.39, 0.29) is 17.9 Å². The summed E-state index contributed by atoms with van der Waals surface area (Å²) in [7, 11) is 0. The van der Waals surface area contributed by atoms with Crippen molar-refractivity contribution in [3.8, 4) is 0 Å². The number of nitrogens with one attached hydrogen (secondary N) is 1. The summed E-state index contributed by atoms with van der Waals surface area (Å²) in [4.78, 5) is 25.8. The maximum atomic E-state index is 12.3. The first-order valence-corrected chi connectivity index (χ1v) is 8.26. The second-order valence-corrected chi connectivity index (χ2v) is 6.27. The number of ether oxygens (including phenoxy) is 1. The van der Waals surface area contributed by atoms with Crippen molar-refractivity contribution < 1.29 is 14.3 Å². The fraction of sp³-hybridized carbons (Fsp3) is 0.529. The Labute approximate surface area is 141 Å². The molecule has 5 nitrogen and oxygen atoms in total. The number of hydrogen-bond donors (Lipinski definition) is 1. The number of amides is 2. The zero-order valence-corrected chi connectivity index (χ0v) is 14.3. The highest BCUT2D eigenvalue weighted by Gasteiger charge is 2.25. The number of halogens is 1. The predicted octanol–water partition coefficient (Wildman–Crippen LogP) is 2.37. The van der Waals surface area contributed by atoms with E-state index in [1.807, 2.05) is 12.1 Å². The Morgan fingerprint density at radius 3 is 2.65 bits per heavy atom. The number of nitrogens with zero attached hydrogens (tertiary/aromatic N) is 1. The van der Waals surface area contributed by atoms with E-state index >= 15 is 0 Å². The zero-order valence-electron chi connectivity index (χ0n) is 13.5. The zero-order chi connectivity index (χ0) is 16.8. The summed E-state index contributed by atoms with van der Waals surface area (Å²) in [5, 5.41) is 3.52. The lowest BCUT2D eigenvalue weighted by Crippen LogP contribution is -2.48. The van der Waals surface area contributed by atoms with Crippen LogP contribution in [0.4, 0.5) is 0 Å². The minimum Gasteiger partial charge on any atom is -0.376 e. The number of hydrogen-bond acceptors (Lipinski definition) is 3. The van der Waals surface area contributed by atoms with Crippen LogP contribution in [0.1, 0.15) is 32.3 Å². The van der Waals surface area contributed by atoms with Crippen molar-refractivity contribution in [3.05, 3.63) is 34.9 Å². The fourth-order valence-corrected chi connectivity index (χ4v) is 2.74. The SMILES string of the molecule is CC(=O)N(Cc1ccc(Cl)cc1)[C@@H](C)C(=O)NC[C@@H]1CCCO1. The van der Waals surface area contributed by atoms with Gasteiger partial charge in [0.15, 0.2) is 0 Å². The smallest absolute Gasteiger partial charge is 0.242 e. The second kappa shape index (κ2) is 8.31. The third-order valence-corrected chi connectivity index (χ3v) is 4.30. The lowest BCUT2D eigenvalue weighted by Gasteiger charge is -2.28. The van der Waals surface area contributed by atoms with Crippen LogP contribution in [0.5, 0.6) is 0 Å². The van der Waals surface area contributed by atoms with Crippen molar-refractivity contribution in [1.29, 1.82) is 0 Å². The predicted molar refractivity (Wildman–Crippen MR) is 89.1 cm³/mol. The van der Waals surface area contributed by atoms with Gasteiger partial charge in [0.25, 0.3) is 0 Å². The summed E-state index contributed by atoms with van der Waals surface area (Å²) in [6.07, 6.45) is 2.09. The molecule has 1 heterocycles. The summed E-state index contributed by atoms with van der Waals surface area (Å²) in [6.45, 7) is 4.84. The van der Waals surface area contributed by atoms with Crippen LogP contribution in [-0.2, 0) is 20.9 Å². The lowest BCUT2D eigenvalue weighted by atomic mass is 10.1. The van der Waals surface area contributed by atoms with Gasteiger partial charge < -0.3 is 15.0 Å². The number of benzene rings is 1. The number of carbonyl (C=O) groups is 2. The molecule has 0 aliphatic carbocycles. The fourth-order valence-electron chi connectivity index (χ4n) is 2.62. The van der Waals surface area contributed by atoms with Crippen LogP contribution in [-0.4, -0.2) is 42.0 Å². The Morgan fingerprint density at radius 1 is 1.39 bits per heavy atom. The Balaban J connectivity index is 1.93. The first-order chi connectivity index (χ1) is 11.0. The normalized spacial score (nSPS) is 18.5. The molecular formula is C17H23ClN2O3. The van der Waals surface area contributed by atoms with Gasteiger partial charge in [-0.05, 0) is 37.5 Å². The quantitative estimate of drug-likeness (QED) is 0.866. The molecule has 1 aliphatic rings. The molecule has 0 aromatic heterocycles. The first kappa shape index (κ1) is 17.8. The monoisotopic (exact) mass is 338 g/mol. The van der Waals surface area contributed by atoms with Gasteiger partial charge in [-0.2, -0.15) is 0 Å². The van der Waals surface area contributed by atoms with E-state index in [2.05, 4.69) is 5.32 Å². The lowest BCUT2D eigenvalue weighted by molar-refractivity contribution is -0.139. The van der Waals surface area contributed by atoms with E-state index < -0.39 is 6.04 Å². The van der Waals surface area contributed by atoms with Crippen molar-refractivity contribution in [2.75, 3.05) is 13.2 Å². The molecule has 2 amide bonds. The summed E-state index contributed by atoms with van der Waals surface area (Å²) in [6, 6.07) is 6.73. The molecule has 1 N–H and O–H groups in total. The van der Waals surface area contributed by atoms with Crippen LogP contribution in [0.3, 0.4) is 0 Å². The molecule has 2 atom stereocenters. The molecule has 1 aliphatic heterocycles. The molecule has 2 rings (SSSR count). The Hall–Kier alpha value is -1.59. The summed E-state index contributed by atoms with van der Waals surface area (Å²) >= 11 is 5.87. The molecule has 23 heavy (non-hydrogen) atoms. The van der Waals surface area contributed by atoms with E-state index in [4.69, 9.17) is 16.3 Å². The molecule has 1 saturated heterocycles. The van der Waals surface area contributed by atoms with Gasteiger partial charge in [0.2, 0.25) is 11.8 Å². The van der Waals surface area contributed by atoms with Crippen LogP contribution < -0.4 is 5.32 Å². The molecule has 1 fully saturated rings. The van der Waals surface area contributed by atoms with Gasteiger partial charge >= 0.3 is 0 Å². The van der Waals surface area contributed by atoms with E-state index in [9.17, 15) is 9.59 Å². The van der Waals surface area contributed by atoms with Crippen molar-refractivity contribution in [3.63, 3.8) is 0 Å². The molecule has 126 valence electrons. The Morgan fingerprint density at radius 2 is 2.09 bits per heavy atom. The number of carbonyl (C=O) groups excluding carboxylic acids is 2. The van der Waals surface area contributed by atoms with Crippen LogP contribution >= 0.6 is 11.6 Å². The van der Waals surface area contributed by atoms with Gasteiger partial charge in [-0.3, -0.25) is 9.59 Å². The molecule has 0 unspecified atom stereocenters. The van der Waals surface area contributed by atoms with Crippen molar-refractivity contribution in [1.82, 2.24) is 10.2 Å². The Kier molecular flexibility index (Phi) is 6.42. The third-order valence-electron chi connectivity index (χ3n) is 4.05. The van der Waals surface area contributed by atoms with Crippen LogP contribution in [0.15, 0.2) is 24.3 Å². The molecule has 0 saturated carbocycles. The minimum atomic E-state index is -0.537. The Bertz CT molecular complexity index is 541. The highest BCUT2D eigenvalue weighted by atomic mass is 35.5. The highest BCUT2D eigenvalue weighted by molar-refractivity contribution is 6.30. The van der Waals surface area contributed by atoms with E-state index in [0.29, 0.717) is 18.1 Å². The van der Waals surface area contributed by atoms with Crippen molar-refractivity contribution in [2.45, 2.75) is 45.4 Å². The summed E-state index contributed by atoms with van der Waals surface area (Å²) < 4.78 is 5.49. The third kappa shape index (κ3) is 5.22. The maximum absolute atomic E-state index is 12.3. The van der Waals surface area contributed by atoms with Gasteiger partial charge in [-0.25, -0.2) is 0 Å². The average Bonchev–Trinajstić information content (AvgIpc) is 3.04. The van der Waals surface area contributed by atoms with E-state index in [1.165, 1.54) is 6.92 Å². The molecular weight excluding hydrogens is 316 g/mol. The summed E-state index contributed by atoms with van der Waals surface area (Å²) in [5.41, 5.74) is 0.934. The summed E-state index contributed by atoms with van der Waals surface area (Å²) in [5.74, 6) is -0.302. The van der Waals surface area contributed by atoms with Crippen molar-refractivity contribution in [2.24, 2.45) is 0 Å². The van der Waals surface area contributed by atoms with Gasteiger partial charge in [0.05, 0.1) is 6.10 Å². The molecule has 0 spiro atoms. The van der Waals surface area contributed by atoms with Crippen LogP contribution in [0.25, 0.3) is 0 Å². The van der Waals surface area contributed by atoms with Crippen LogP contribution in [0, 0.1) is 0 Å². The maximum Gasteiger partial charge on any atom is 0.242 e. The van der Waals surface area contributed by atoms with Gasteiger partial charge in [-0.1, -0.05) is 23.7 Å². The highest BCUT2D eigenvalue weighted by Crippen LogP contribution is 2.14. The molecule has 6 heteroatoms. The topological polar surface area (TPSA) is 58.6 Å². The average molecular weight is 339 g/mol. The minimum absolute atomic E-state index is 0.0909. The molecule has 0 bridgehead atoms. The van der Waals surface area contributed by atoms with Crippen LogP contribution in [0.2, 0.25) is 5.02 Å². The van der Waals surface area contributed by atoms with Gasteiger partial charge in [0.1, 0.15) is 6.04 Å². The standard InChI is InChI=1S/C17H23ClN2O3/c1-12(17(22)19-10-16-4-3-9-23-16)20(13(2)21)11-14-5-7-15(18)8-6-14/h5-8,12,16H,3-4,9-11H2,1-2H3,(H,19,22)/t12-,16-/m0/s1. The molecule has 0 radical (unpaired) electrons. The second-order valence-electron chi connectivity index (χ2n) is 5.83. The first-order valence-electron chi connectivity index (χ1n) is 7.88. The largest absolute Gasteiger partial charge is 0.376 e. The van der Waals surface area contributed by atoms with E-state index in [1.54, 1.807) is 24.0 Å². The van der Waals surface area contributed by atoms with Gasteiger partial charge in [-0.15, -0.1) is 0 Å². The molecule has 1 aromatic rings. The van der Waals surface area contributed by atoms with E-state index in [0.717, 1.165) is 25.0 Å². The van der Waals surface area contributed by atoms with Gasteiger partial charge in [0, 0.05) is 31.6 Å². The number of rotatable bonds is 6.